The minimum absolute atomic E-state index is 0.0634. The number of para-hydroxylation sites is 2. The number of benzene rings is 2. The number of morpholine rings is 1. The van der Waals surface area contributed by atoms with E-state index in [1.807, 2.05) is 55.1 Å². The summed E-state index contributed by atoms with van der Waals surface area (Å²) >= 11 is 6.10. The maximum atomic E-state index is 12.9. The van der Waals surface area contributed by atoms with Crippen LogP contribution in [0.15, 0.2) is 48.5 Å². The molecule has 2 aromatic carbocycles. The Hall–Kier alpha value is -2.24. The summed E-state index contributed by atoms with van der Waals surface area (Å²) in [5, 5.41) is 0.651. The molecular weight excluding hydrogens is 366 g/mol. The van der Waals surface area contributed by atoms with Crippen molar-refractivity contribution < 1.29 is 19.0 Å². The Morgan fingerprint density at radius 1 is 1.22 bits per heavy atom. The van der Waals surface area contributed by atoms with E-state index < -0.39 is 5.54 Å². The molecule has 0 aliphatic carbocycles. The van der Waals surface area contributed by atoms with E-state index in [-0.39, 0.29) is 18.6 Å². The molecule has 1 aliphatic rings. The van der Waals surface area contributed by atoms with Crippen LogP contribution in [0.4, 0.5) is 0 Å². The van der Waals surface area contributed by atoms with Crippen molar-refractivity contribution in [2.75, 3.05) is 26.9 Å². The van der Waals surface area contributed by atoms with Gasteiger partial charge in [-0.05, 0) is 43.7 Å². The van der Waals surface area contributed by atoms with E-state index in [9.17, 15) is 4.79 Å². The quantitative estimate of drug-likeness (QED) is 0.772. The number of hydrogen-bond donors (Lipinski definition) is 0. The van der Waals surface area contributed by atoms with Crippen LogP contribution in [-0.2, 0) is 9.53 Å². The van der Waals surface area contributed by atoms with Crippen LogP contribution >= 0.6 is 11.6 Å². The van der Waals surface area contributed by atoms with E-state index in [0.717, 1.165) is 5.56 Å². The molecule has 1 saturated heterocycles. The topological polar surface area (TPSA) is 48.0 Å². The van der Waals surface area contributed by atoms with Crippen LogP contribution in [0, 0.1) is 0 Å². The van der Waals surface area contributed by atoms with Crippen LogP contribution < -0.4 is 9.47 Å². The zero-order valence-electron chi connectivity index (χ0n) is 15.8. The summed E-state index contributed by atoms with van der Waals surface area (Å²) in [6.45, 7) is 4.79. The van der Waals surface area contributed by atoms with Crippen LogP contribution in [-0.4, -0.2) is 43.2 Å². The third-order valence-corrected chi connectivity index (χ3v) is 4.89. The molecule has 1 aliphatic heterocycles. The zero-order valence-corrected chi connectivity index (χ0v) is 16.5. The van der Waals surface area contributed by atoms with Gasteiger partial charge in [-0.15, -0.1) is 0 Å². The predicted molar refractivity (Wildman–Crippen MR) is 104 cm³/mol. The van der Waals surface area contributed by atoms with Gasteiger partial charge in [-0.1, -0.05) is 35.9 Å². The number of hydrogen-bond acceptors (Lipinski definition) is 4. The van der Waals surface area contributed by atoms with Crippen LogP contribution in [0.25, 0.3) is 0 Å². The summed E-state index contributed by atoms with van der Waals surface area (Å²) in [6, 6.07) is 14.8. The van der Waals surface area contributed by atoms with E-state index in [2.05, 4.69) is 0 Å². The number of amides is 1. The Kier molecular flexibility index (Phi) is 5.92. The molecule has 1 unspecified atom stereocenters. The van der Waals surface area contributed by atoms with Crippen molar-refractivity contribution in [3.05, 3.63) is 59.1 Å². The van der Waals surface area contributed by atoms with Crippen LogP contribution in [0.2, 0.25) is 5.02 Å². The van der Waals surface area contributed by atoms with Gasteiger partial charge in [0, 0.05) is 5.02 Å². The lowest BCUT2D eigenvalue weighted by molar-refractivity contribution is -0.156. The number of nitrogens with zero attached hydrogens (tertiary/aromatic N) is 1. The van der Waals surface area contributed by atoms with E-state index >= 15 is 0 Å². The SMILES string of the molecule is COc1ccccc1OCC(=O)N1CC(c2cccc(Cl)c2)OCC1(C)C. The van der Waals surface area contributed by atoms with Crippen molar-refractivity contribution in [2.24, 2.45) is 0 Å². The molecule has 0 aromatic heterocycles. The van der Waals surface area contributed by atoms with Gasteiger partial charge in [-0.25, -0.2) is 0 Å². The molecule has 5 nitrogen and oxygen atoms in total. The third-order valence-electron chi connectivity index (χ3n) is 4.66. The highest BCUT2D eigenvalue weighted by atomic mass is 35.5. The van der Waals surface area contributed by atoms with Crippen LogP contribution in [0.1, 0.15) is 25.5 Å². The summed E-state index contributed by atoms with van der Waals surface area (Å²) in [7, 11) is 1.57. The average Bonchev–Trinajstić information content (AvgIpc) is 2.66. The van der Waals surface area contributed by atoms with E-state index in [1.165, 1.54) is 0 Å². The lowest BCUT2D eigenvalue weighted by Gasteiger charge is -2.45. The first kappa shape index (κ1) is 19.5. The molecular formula is C21H24ClNO4. The second-order valence-electron chi connectivity index (χ2n) is 7.11. The van der Waals surface area contributed by atoms with Gasteiger partial charge >= 0.3 is 0 Å². The molecule has 1 atom stereocenters. The normalized spacial score (nSPS) is 18.8. The van der Waals surface area contributed by atoms with Gasteiger partial charge in [0.15, 0.2) is 18.1 Å². The van der Waals surface area contributed by atoms with E-state index in [4.69, 9.17) is 25.8 Å². The Morgan fingerprint density at radius 3 is 2.67 bits per heavy atom. The second-order valence-corrected chi connectivity index (χ2v) is 7.55. The second kappa shape index (κ2) is 8.19. The number of carbonyl (C=O) groups excluding carboxylic acids is 1. The van der Waals surface area contributed by atoms with Crippen LogP contribution in [0.3, 0.4) is 0 Å². The Morgan fingerprint density at radius 2 is 1.96 bits per heavy atom. The molecule has 1 amide bonds. The molecule has 0 spiro atoms. The molecule has 6 heteroatoms. The molecule has 0 saturated carbocycles. The summed E-state index contributed by atoms with van der Waals surface area (Å²) in [4.78, 5) is 14.7. The van der Waals surface area contributed by atoms with E-state index in [1.54, 1.807) is 19.2 Å². The fourth-order valence-electron chi connectivity index (χ4n) is 3.15. The van der Waals surface area contributed by atoms with Crippen molar-refractivity contribution in [3.8, 4) is 11.5 Å². The lowest BCUT2D eigenvalue weighted by atomic mass is 9.98. The number of carbonyl (C=O) groups is 1. The highest BCUT2D eigenvalue weighted by Crippen LogP contribution is 2.32. The summed E-state index contributed by atoms with van der Waals surface area (Å²) in [6.07, 6.45) is -0.216. The first-order chi connectivity index (χ1) is 12.9. The van der Waals surface area contributed by atoms with Crippen molar-refractivity contribution >= 4 is 17.5 Å². The number of rotatable bonds is 5. The average molecular weight is 390 g/mol. The van der Waals surface area contributed by atoms with Gasteiger partial charge in [-0.2, -0.15) is 0 Å². The highest BCUT2D eigenvalue weighted by Gasteiger charge is 2.38. The van der Waals surface area contributed by atoms with Crippen molar-refractivity contribution in [1.82, 2.24) is 4.90 Å². The summed E-state index contributed by atoms with van der Waals surface area (Å²) < 4.78 is 17.0. The monoisotopic (exact) mass is 389 g/mol. The fourth-order valence-corrected chi connectivity index (χ4v) is 3.35. The minimum Gasteiger partial charge on any atom is -0.493 e. The summed E-state index contributed by atoms with van der Waals surface area (Å²) in [5.41, 5.74) is 0.539. The first-order valence-corrected chi connectivity index (χ1v) is 9.22. The molecule has 2 aromatic rings. The molecule has 1 heterocycles. The largest absolute Gasteiger partial charge is 0.493 e. The van der Waals surface area contributed by atoms with Crippen molar-refractivity contribution in [1.29, 1.82) is 0 Å². The molecule has 0 radical (unpaired) electrons. The van der Waals surface area contributed by atoms with E-state index in [0.29, 0.717) is 29.7 Å². The Bertz CT molecular complexity index is 808. The first-order valence-electron chi connectivity index (χ1n) is 8.84. The number of ether oxygens (including phenoxy) is 3. The Balaban J connectivity index is 1.71. The lowest BCUT2D eigenvalue weighted by Crippen LogP contribution is -2.57. The smallest absolute Gasteiger partial charge is 0.261 e. The molecule has 0 N–H and O–H groups in total. The highest BCUT2D eigenvalue weighted by molar-refractivity contribution is 6.30. The molecule has 144 valence electrons. The van der Waals surface area contributed by atoms with Crippen molar-refractivity contribution in [2.45, 2.75) is 25.5 Å². The number of halogens is 1. The van der Waals surface area contributed by atoms with Gasteiger partial charge in [0.25, 0.3) is 5.91 Å². The van der Waals surface area contributed by atoms with Gasteiger partial charge < -0.3 is 19.1 Å². The summed E-state index contributed by atoms with van der Waals surface area (Å²) in [5.74, 6) is 1.05. The molecule has 27 heavy (non-hydrogen) atoms. The van der Waals surface area contributed by atoms with Gasteiger partial charge in [0.05, 0.1) is 25.8 Å². The molecule has 3 rings (SSSR count). The van der Waals surface area contributed by atoms with Gasteiger partial charge in [0.1, 0.15) is 6.10 Å². The fraction of sp³-hybridized carbons (Fsp3) is 0.381. The van der Waals surface area contributed by atoms with Gasteiger partial charge in [-0.3, -0.25) is 4.79 Å². The molecule has 1 fully saturated rings. The predicted octanol–water partition coefficient (Wildman–Crippen LogP) is 4.11. The Labute approximate surface area is 164 Å². The van der Waals surface area contributed by atoms with Crippen LogP contribution in [0.5, 0.6) is 11.5 Å². The van der Waals surface area contributed by atoms with Crippen molar-refractivity contribution in [3.63, 3.8) is 0 Å². The standard InChI is InChI=1S/C21H24ClNO4/c1-21(2)14-27-19(15-7-6-8-16(22)11-15)12-23(21)20(24)13-26-18-10-5-4-9-17(18)25-3/h4-11,19H,12-14H2,1-3H3. The maximum Gasteiger partial charge on any atom is 0.261 e. The molecule has 0 bridgehead atoms. The van der Waals surface area contributed by atoms with Gasteiger partial charge in [0.2, 0.25) is 0 Å². The zero-order chi connectivity index (χ0) is 19.4. The minimum atomic E-state index is -0.420. The maximum absolute atomic E-state index is 12.9. The number of methoxy groups -OCH3 is 1. The third kappa shape index (κ3) is 4.54.